The molecule has 5 heteroatoms. The third-order valence-electron chi connectivity index (χ3n) is 3.22. The molecule has 1 aliphatic heterocycles. The second-order valence-corrected chi connectivity index (χ2v) is 6.66. The maximum Gasteiger partial charge on any atom is 0.265 e. The average Bonchev–Trinajstić information content (AvgIpc) is 2.48. The van der Waals surface area contributed by atoms with Gasteiger partial charge in [-0.05, 0) is 29.9 Å². The second kappa shape index (κ2) is 3.99. The molecule has 4 nitrogen and oxygen atoms in total. The molecule has 0 amide bonds. The van der Waals surface area contributed by atoms with E-state index in [-0.39, 0.29) is 11.2 Å². The van der Waals surface area contributed by atoms with Crippen molar-refractivity contribution in [3.8, 4) is 0 Å². The monoisotopic (exact) mass is 256 g/mol. The summed E-state index contributed by atoms with van der Waals surface area (Å²) in [5.41, 5.74) is 3.20. The van der Waals surface area contributed by atoms with Crippen LogP contribution in [0, 0.1) is 5.41 Å². The number of hydrogen-bond donors (Lipinski definition) is 1. The fourth-order valence-electron chi connectivity index (χ4n) is 2.40. The van der Waals surface area contributed by atoms with Gasteiger partial charge in [-0.15, -0.1) is 0 Å². The molecule has 0 aromatic carbocycles. The Morgan fingerprint density at radius 2 is 2.18 bits per heavy atom. The van der Waals surface area contributed by atoms with E-state index in [1.807, 2.05) is 6.08 Å². The van der Waals surface area contributed by atoms with Gasteiger partial charge in [-0.2, -0.15) is 8.42 Å². The maximum atomic E-state index is 10.8. The Labute approximate surface area is 101 Å². The summed E-state index contributed by atoms with van der Waals surface area (Å²) >= 11 is 0. The highest BCUT2D eigenvalue weighted by Crippen LogP contribution is 2.48. The first-order chi connectivity index (χ1) is 7.80. The molecule has 1 heterocycles. The van der Waals surface area contributed by atoms with Gasteiger partial charge in [0.15, 0.2) is 0 Å². The summed E-state index contributed by atoms with van der Waals surface area (Å²) < 4.78 is 35.5. The van der Waals surface area contributed by atoms with Gasteiger partial charge in [0.05, 0.1) is 18.3 Å². The summed E-state index contributed by atoms with van der Waals surface area (Å²) in [5.74, 6) is -0.218. The van der Waals surface area contributed by atoms with Gasteiger partial charge in [0.25, 0.3) is 10.1 Å². The Kier molecular flexibility index (Phi) is 2.91. The predicted octanol–water partition coefficient (Wildman–Crippen LogP) is 2.42. The molecular formula is C12H16O4S. The van der Waals surface area contributed by atoms with Gasteiger partial charge >= 0.3 is 0 Å². The topological polar surface area (TPSA) is 63.6 Å². The summed E-state index contributed by atoms with van der Waals surface area (Å²) in [6.45, 7) is 4.20. The lowest BCUT2D eigenvalue weighted by Crippen LogP contribution is -2.11. The molecule has 1 N–H and O–H groups in total. The zero-order chi connectivity index (χ0) is 12.7. The van der Waals surface area contributed by atoms with E-state index in [0.29, 0.717) is 6.42 Å². The highest BCUT2D eigenvalue weighted by atomic mass is 32.2. The van der Waals surface area contributed by atoms with Crippen LogP contribution >= 0.6 is 0 Å². The molecule has 0 radical (unpaired) electrons. The molecule has 0 saturated carbocycles. The van der Waals surface area contributed by atoms with Crippen molar-refractivity contribution in [3.63, 3.8) is 0 Å². The normalized spacial score (nSPS) is 22.2. The van der Waals surface area contributed by atoms with Crippen molar-refractivity contribution in [1.29, 1.82) is 0 Å². The zero-order valence-electron chi connectivity index (χ0n) is 9.93. The highest BCUT2D eigenvalue weighted by Gasteiger charge is 2.36. The second-order valence-electron chi connectivity index (χ2n) is 5.08. The van der Waals surface area contributed by atoms with E-state index in [9.17, 15) is 8.42 Å². The Morgan fingerprint density at radius 3 is 2.82 bits per heavy atom. The number of fused-ring (bicyclic) bond motifs is 1. The molecule has 2 rings (SSSR count). The highest BCUT2D eigenvalue weighted by molar-refractivity contribution is 7.85. The van der Waals surface area contributed by atoms with Crippen LogP contribution in [0.25, 0.3) is 0 Å². The maximum absolute atomic E-state index is 10.8. The predicted molar refractivity (Wildman–Crippen MR) is 64.8 cm³/mol. The molecule has 0 saturated heterocycles. The minimum absolute atomic E-state index is 0.0331. The fraction of sp³-hybridized carbons (Fsp3) is 0.500. The van der Waals surface area contributed by atoms with Crippen molar-refractivity contribution < 1.29 is 17.7 Å². The van der Waals surface area contributed by atoms with Gasteiger partial charge in [0.2, 0.25) is 0 Å². The number of allylic oxidation sites excluding steroid dienone is 4. The Bertz CT molecular complexity index is 521. The summed E-state index contributed by atoms with van der Waals surface area (Å²) in [6.07, 6.45) is 6.35. The molecule has 0 aromatic heterocycles. The first-order valence-electron chi connectivity index (χ1n) is 5.50. The first kappa shape index (κ1) is 12.4. The Hall–Kier alpha value is -1.07. The Morgan fingerprint density at radius 1 is 1.47 bits per heavy atom. The molecular weight excluding hydrogens is 240 g/mol. The minimum atomic E-state index is -3.90. The quantitative estimate of drug-likeness (QED) is 0.788. The third kappa shape index (κ3) is 2.61. The van der Waals surface area contributed by atoms with E-state index in [1.54, 1.807) is 12.5 Å². The van der Waals surface area contributed by atoms with Gasteiger partial charge in [-0.25, -0.2) is 0 Å². The van der Waals surface area contributed by atoms with Gasteiger partial charge in [-0.3, -0.25) is 4.55 Å². The van der Waals surface area contributed by atoms with Crippen LogP contribution in [0.5, 0.6) is 0 Å². The van der Waals surface area contributed by atoms with E-state index in [0.717, 1.165) is 23.1 Å². The number of hydrogen-bond acceptors (Lipinski definition) is 3. The minimum Gasteiger partial charge on any atom is -0.472 e. The molecule has 1 aliphatic carbocycles. The summed E-state index contributed by atoms with van der Waals surface area (Å²) in [5, 5.41) is 0. The number of ether oxygens (including phenoxy) is 1. The van der Waals surface area contributed by atoms with Crippen molar-refractivity contribution >= 4 is 10.1 Å². The lowest BCUT2D eigenvalue weighted by Gasteiger charge is -2.22. The van der Waals surface area contributed by atoms with Crippen molar-refractivity contribution in [2.45, 2.75) is 26.7 Å². The van der Waals surface area contributed by atoms with Gasteiger partial charge in [-0.1, -0.05) is 19.4 Å². The van der Waals surface area contributed by atoms with Crippen LogP contribution < -0.4 is 0 Å². The largest absolute Gasteiger partial charge is 0.472 e. The molecule has 0 fully saturated rings. The van der Waals surface area contributed by atoms with E-state index in [4.69, 9.17) is 9.29 Å². The van der Waals surface area contributed by atoms with E-state index < -0.39 is 10.1 Å². The van der Waals surface area contributed by atoms with E-state index >= 15 is 0 Å². The molecule has 0 unspecified atom stereocenters. The van der Waals surface area contributed by atoms with Crippen LogP contribution in [-0.4, -0.2) is 18.7 Å². The summed E-state index contributed by atoms with van der Waals surface area (Å²) in [7, 11) is -3.90. The van der Waals surface area contributed by atoms with Crippen molar-refractivity contribution in [2.24, 2.45) is 5.41 Å². The number of rotatable bonds is 3. The molecule has 0 spiro atoms. The molecule has 0 aromatic rings. The van der Waals surface area contributed by atoms with Crippen LogP contribution in [0.4, 0.5) is 0 Å². The SMILES string of the molecule is CC1(C)CC(CCS(=O)(=O)O)=C2C=COC=C21. The van der Waals surface area contributed by atoms with E-state index in [2.05, 4.69) is 13.8 Å². The Balaban J connectivity index is 2.25. The van der Waals surface area contributed by atoms with Gasteiger partial charge in [0.1, 0.15) is 0 Å². The van der Waals surface area contributed by atoms with Crippen LogP contribution in [0.2, 0.25) is 0 Å². The van der Waals surface area contributed by atoms with Crippen LogP contribution in [0.3, 0.4) is 0 Å². The average molecular weight is 256 g/mol. The van der Waals surface area contributed by atoms with Crippen LogP contribution in [0.15, 0.2) is 35.3 Å². The first-order valence-corrected chi connectivity index (χ1v) is 7.11. The van der Waals surface area contributed by atoms with Crippen molar-refractivity contribution in [3.05, 3.63) is 35.3 Å². The lowest BCUT2D eigenvalue weighted by molar-refractivity contribution is 0.369. The molecule has 17 heavy (non-hydrogen) atoms. The molecule has 0 bridgehead atoms. The van der Waals surface area contributed by atoms with E-state index in [1.165, 1.54) is 0 Å². The molecule has 0 atom stereocenters. The van der Waals surface area contributed by atoms with Crippen molar-refractivity contribution in [2.75, 3.05) is 5.75 Å². The van der Waals surface area contributed by atoms with Gasteiger partial charge < -0.3 is 4.74 Å². The van der Waals surface area contributed by atoms with Crippen LogP contribution in [-0.2, 0) is 14.9 Å². The smallest absolute Gasteiger partial charge is 0.265 e. The van der Waals surface area contributed by atoms with Gasteiger partial charge in [0, 0.05) is 5.57 Å². The summed E-state index contributed by atoms with van der Waals surface area (Å²) in [4.78, 5) is 0. The molecule has 94 valence electrons. The fourth-order valence-corrected chi connectivity index (χ4v) is 2.90. The summed E-state index contributed by atoms with van der Waals surface area (Å²) in [6, 6.07) is 0. The zero-order valence-corrected chi connectivity index (χ0v) is 10.8. The van der Waals surface area contributed by atoms with Crippen molar-refractivity contribution in [1.82, 2.24) is 0 Å². The third-order valence-corrected chi connectivity index (χ3v) is 3.94. The van der Waals surface area contributed by atoms with Crippen LogP contribution in [0.1, 0.15) is 26.7 Å². The standard InChI is InChI=1S/C12H16O4S/c1-12(2)7-9(4-6-17(13,14)15)10-3-5-16-8-11(10)12/h3,5,8H,4,6-7H2,1-2H3,(H,13,14,15). The molecule has 2 aliphatic rings. The lowest BCUT2D eigenvalue weighted by atomic mass is 9.84.